The molecule has 0 saturated heterocycles. The minimum absolute atomic E-state index is 0.00765. The van der Waals surface area contributed by atoms with E-state index in [1.165, 1.54) is 37.3 Å². The average molecular weight is 582 g/mol. The van der Waals surface area contributed by atoms with E-state index in [0.29, 0.717) is 12.3 Å². The number of nitrogens with one attached hydrogen (secondary N) is 1. The van der Waals surface area contributed by atoms with Crippen LogP contribution in [0.5, 0.6) is 11.5 Å². The van der Waals surface area contributed by atoms with Gasteiger partial charge < -0.3 is 19.7 Å². The zero-order valence-electron chi connectivity index (χ0n) is 24.3. The van der Waals surface area contributed by atoms with Gasteiger partial charge in [-0.05, 0) is 50.1 Å². The first-order valence-corrected chi connectivity index (χ1v) is 15.0. The third kappa shape index (κ3) is 8.00. The summed E-state index contributed by atoms with van der Waals surface area (Å²) in [7, 11) is -1.34. The van der Waals surface area contributed by atoms with E-state index in [0.717, 1.165) is 28.3 Å². The van der Waals surface area contributed by atoms with Crippen molar-refractivity contribution >= 4 is 27.5 Å². The van der Waals surface area contributed by atoms with Crippen LogP contribution < -0.4 is 19.1 Å². The Hall–Kier alpha value is -4.05. The lowest BCUT2D eigenvalue weighted by molar-refractivity contribution is -0.139. The Morgan fingerprint density at radius 2 is 1.68 bits per heavy atom. The molecule has 1 N–H and O–H groups in total. The highest BCUT2D eigenvalue weighted by Crippen LogP contribution is 2.36. The van der Waals surface area contributed by atoms with Gasteiger partial charge in [0, 0.05) is 19.2 Å². The maximum Gasteiger partial charge on any atom is 0.264 e. The fourth-order valence-electron chi connectivity index (χ4n) is 4.35. The van der Waals surface area contributed by atoms with Gasteiger partial charge in [-0.2, -0.15) is 0 Å². The number of nitrogens with zero attached hydrogens (tertiary/aromatic N) is 2. The molecule has 0 aromatic heterocycles. The van der Waals surface area contributed by atoms with Crippen molar-refractivity contribution in [3.05, 3.63) is 83.9 Å². The highest BCUT2D eigenvalue weighted by molar-refractivity contribution is 7.92. The number of benzene rings is 3. The van der Waals surface area contributed by atoms with Crippen LogP contribution in [-0.2, 0) is 26.2 Å². The summed E-state index contributed by atoms with van der Waals surface area (Å²) in [6, 6.07) is 19.4. The average Bonchev–Trinajstić information content (AvgIpc) is 2.98. The van der Waals surface area contributed by atoms with Gasteiger partial charge in [-0.15, -0.1) is 0 Å². The van der Waals surface area contributed by atoms with E-state index in [1.807, 2.05) is 38.1 Å². The zero-order chi connectivity index (χ0) is 30.0. The molecule has 2 amide bonds. The van der Waals surface area contributed by atoms with Crippen LogP contribution >= 0.6 is 0 Å². The highest BCUT2D eigenvalue weighted by Gasteiger charge is 2.34. The molecule has 3 aromatic rings. The standard InChI is InChI=1S/C31H39N3O6S/c1-6-7-18-32-31(36)24(3)33(21-25-13-11-12-23(2)19-25)30(35)22-34(41(37,38)27-14-9-8-10-15-27)28-20-26(39-4)16-17-29(28)40-5/h8-17,19-20,24H,6-7,18,21-22H2,1-5H3,(H,32,36)/t24-/m1/s1. The van der Waals surface area contributed by atoms with E-state index in [2.05, 4.69) is 5.32 Å². The summed E-state index contributed by atoms with van der Waals surface area (Å²) in [5, 5.41) is 2.89. The molecule has 41 heavy (non-hydrogen) atoms. The molecule has 0 aliphatic heterocycles. The van der Waals surface area contributed by atoms with E-state index in [1.54, 1.807) is 37.3 Å². The van der Waals surface area contributed by atoms with Crippen LogP contribution in [0.4, 0.5) is 5.69 Å². The van der Waals surface area contributed by atoms with Gasteiger partial charge in [-0.25, -0.2) is 8.42 Å². The number of rotatable bonds is 14. The maximum atomic E-state index is 14.1. The number of aryl methyl sites for hydroxylation is 1. The van der Waals surface area contributed by atoms with Gasteiger partial charge >= 0.3 is 0 Å². The number of methoxy groups -OCH3 is 2. The van der Waals surface area contributed by atoms with E-state index < -0.39 is 28.5 Å². The Morgan fingerprint density at radius 3 is 2.32 bits per heavy atom. The summed E-state index contributed by atoms with van der Waals surface area (Å²) < 4.78 is 39.9. The van der Waals surface area contributed by atoms with Gasteiger partial charge in [0.1, 0.15) is 24.1 Å². The first-order valence-electron chi connectivity index (χ1n) is 13.5. The zero-order valence-corrected chi connectivity index (χ0v) is 25.1. The molecule has 9 nitrogen and oxygen atoms in total. The monoisotopic (exact) mass is 581 g/mol. The molecule has 0 radical (unpaired) electrons. The lowest BCUT2D eigenvalue weighted by atomic mass is 10.1. The molecule has 220 valence electrons. The van der Waals surface area contributed by atoms with Gasteiger partial charge in [0.05, 0.1) is 24.8 Å². The number of anilines is 1. The molecule has 1 atom stereocenters. The number of carbonyl (C=O) groups excluding carboxylic acids is 2. The molecular weight excluding hydrogens is 542 g/mol. The van der Waals surface area contributed by atoms with Gasteiger partial charge in [0.15, 0.2) is 0 Å². The van der Waals surface area contributed by atoms with Crippen molar-refractivity contribution in [2.24, 2.45) is 0 Å². The Labute approximate surface area is 243 Å². The van der Waals surface area contributed by atoms with Crippen LogP contribution in [0, 0.1) is 6.92 Å². The third-order valence-electron chi connectivity index (χ3n) is 6.70. The first kappa shape index (κ1) is 31.5. The Morgan fingerprint density at radius 1 is 0.951 bits per heavy atom. The molecule has 10 heteroatoms. The minimum atomic E-state index is -4.23. The fraction of sp³-hybridized carbons (Fsp3) is 0.355. The van der Waals surface area contributed by atoms with Gasteiger partial charge in [0.25, 0.3) is 10.0 Å². The maximum absolute atomic E-state index is 14.1. The second-order valence-electron chi connectivity index (χ2n) is 9.69. The Bertz CT molecular complexity index is 1430. The van der Waals surface area contributed by atoms with Crippen LogP contribution in [0.2, 0.25) is 0 Å². The summed E-state index contributed by atoms with van der Waals surface area (Å²) in [6.45, 7) is 5.66. The van der Waals surface area contributed by atoms with Crippen molar-refractivity contribution in [1.29, 1.82) is 0 Å². The summed E-state index contributed by atoms with van der Waals surface area (Å²) in [5.74, 6) is -0.222. The number of sulfonamides is 1. The van der Waals surface area contributed by atoms with Crippen molar-refractivity contribution < 1.29 is 27.5 Å². The van der Waals surface area contributed by atoms with Crippen LogP contribution in [0.3, 0.4) is 0 Å². The molecule has 0 heterocycles. The molecule has 0 bridgehead atoms. The first-order chi connectivity index (χ1) is 19.6. The molecule has 3 rings (SSSR count). The molecule has 3 aromatic carbocycles. The third-order valence-corrected chi connectivity index (χ3v) is 8.47. The molecule has 0 aliphatic carbocycles. The Kier molecular flexibility index (Phi) is 11.2. The minimum Gasteiger partial charge on any atom is -0.497 e. The second-order valence-corrected chi connectivity index (χ2v) is 11.6. The second kappa shape index (κ2) is 14.5. The van der Waals surface area contributed by atoms with Crippen molar-refractivity contribution in [2.45, 2.75) is 51.1 Å². The van der Waals surface area contributed by atoms with E-state index in [9.17, 15) is 18.0 Å². The molecule has 0 unspecified atom stereocenters. The molecular formula is C31H39N3O6S. The predicted molar refractivity (Wildman–Crippen MR) is 160 cm³/mol. The van der Waals surface area contributed by atoms with Crippen LogP contribution in [0.1, 0.15) is 37.8 Å². The van der Waals surface area contributed by atoms with Crippen molar-refractivity contribution in [3.8, 4) is 11.5 Å². The van der Waals surface area contributed by atoms with Crippen molar-refractivity contribution in [1.82, 2.24) is 10.2 Å². The number of hydrogen-bond donors (Lipinski definition) is 1. The van der Waals surface area contributed by atoms with Crippen LogP contribution in [0.15, 0.2) is 77.7 Å². The van der Waals surface area contributed by atoms with Crippen molar-refractivity contribution in [3.63, 3.8) is 0 Å². The largest absolute Gasteiger partial charge is 0.497 e. The Balaban J connectivity index is 2.08. The molecule has 0 spiro atoms. The van der Waals surface area contributed by atoms with E-state index >= 15 is 0 Å². The molecule has 0 fully saturated rings. The van der Waals surface area contributed by atoms with Crippen LogP contribution in [-0.4, -0.2) is 58.5 Å². The van der Waals surface area contributed by atoms with Gasteiger partial charge in [0.2, 0.25) is 11.8 Å². The molecule has 0 saturated carbocycles. The van der Waals surface area contributed by atoms with E-state index in [4.69, 9.17) is 9.47 Å². The number of ether oxygens (including phenoxy) is 2. The number of unbranched alkanes of at least 4 members (excludes halogenated alkanes) is 1. The fourth-order valence-corrected chi connectivity index (χ4v) is 5.79. The smallest absolute Gasteiger partial charge is 0.264 e. The summed E-state index contributed by atoms with van der Waals surface area (Å²) in [4.78, 5) is 28.6. The number of amides is 2. The SMILES string of the molecule is CCCCNC(=O)[C@@H](C)N(Cc1cccc(C)c1)C(=O)CN(c1cc(OC)ccc1OC)S(=O)(=O)c1ccccc1. The summed E-state index contributed by atoms with van der Waals surface area (Å²) >= 11 is 0. The predicted octanol–water partition coefficient (Wildman–Crippen LogP) is 4.54. The summed E-state index contributed by atoms with van der Waals surface area (Å²) in [5.41, 5.74) is 1.96. The van der Waals surface area contributed by atoms with E-state index in [-0.39, 0.29) is 28.8 Å². The number of carbonyl (C=O) groups is 2. The van der Waals surface area contributed by atoms with Crippen molar-refractivity contribution in [2.75, 3.05) is 31.6 Å². The lowest BCUT2D eigenvalue weighted by Crippen LogP contribution is -2.51. The quantitative estimate of drug-likeness (QED) is 0.280. The normalized spacial score (nSPS) is 11.8. The van der Waals surface area contributed by atoms with Gasteiger partial charge in [-0.3, -0.25) is 13.9 Å². The lowest BCUT2D eigenvalue weighted by Gasteiger charge is -2.32. The molecule has 0 aliphatic rings. The summed E-state index contributed by atoms with van der Waals surface area (Å²) in [6.07, 6.45) is 1.72. The van der Waals surface area contributed by atoms with Gasteiger partial charge in [-0.1, -0.05) is 61.4 Å². The number of hydrogen-bond acceptors (Lipinski definition) is 6. The topological polar surface area (TPSA) is 105 Å². The van der Waals surface area contributed by atoms with Crippen LogP contribution in [0.25, 0.3) is 0 Å². The highest BCUT2D eigenvalue weighted by atomic mass is 32.2.